The lowest BCUT2D eigenvalue weighted by molar-refractivity contribution is 0.201. The lowest BCUT2D eigenvalue weighted by Crippen LogP contribution is -2.26. The Morgan fingerprint density at radius 1 is 1.50 bits per heavy atom. The maximum Gasteiger partial charge on any atom is 0.146 e. The number of hydrogen-bond acceptors (Lipinski definition) is 4. The van der Waals surface area contributed by atoms with E-state index in [0.717, 1.165) is 24.9 Å². The summed E-state index contributed by atoms with van der Waals surface area (Å²) in [5.74, 6) is -0.190. The number of anilines is 1. The standard InChI is InChI=1S/C15H23FN2OS/c1-3-4-14(20)15(17-2)11-5-6-13(12(16)9-11)18-7-8-19-10-18/h5-6,9,14-15,17,20H,3-4,7-8,10H2,1-2H3. The quantitative estimate of drug-likeness (QED) is 0.790. The molecule has 1 aromatic carbocycles. The molecule has 1 aromatic rings. The van der Waals surface area contributed by atoms with Crippen molar-refractivity contribution in [2.24, 2.45) is 0 Å². The van der Waals surface area contributed by atoms with Crippen LogP contribution in [-0.4, -0.2) is 32.2 Å². The average molecular weight is 298 g/mol. The molecule has 1 aliphatic rings. The first kappa shape index (κ1) is 15.6. The van der Waals surface area contributed by atoms with Gasteiger partial charge in [0.1, 0.15) is 12.5 Å². The zero-order valence-corrected chi connectivity index (χ0v) is 13.0. The number of thiol groups is 1. The molecule has 5 heteroatoms. The van der Waals surface area contributed by atoms with Gasteiger partial charge >= 0.3 is 0 Å². The van der Waals surface area contributed by atoms with Gasteiger partial charge < -0.3 is 15.0 Å². The molecule has 20 heavy (non-hydrogen) atoms. The van der Waals surface area contributed by atoms with Crippen molar-refractivity contribution in [3.8, 4) is 0 Å². The molecule has 0 bridgehead atoms. The van der Waals surface area contributed by atoms with Gasteiger partial charge in [0.2, 0.25) is 0 Å². The highest BCUT2D eigenvalue weighted by molar-refractivity contribution is 7.81. The van der Waals surface area contributed by atoms with Crippen LogP contribution in [0.4, 0.5) is 10.1 Å². The molecule has 0 radical (unpaired) electrons. The molecule has 0 aromatic heterocycles. The number of nitrogens with zero attached hydrogens (tertiary/aromatic N) is 1. The highest BCUT2D eigenvalue weighted by Gasteiger charge is 2.21. The second kappa shape index (κ2) is 7.29. The number of hydrogen-bond donors (Lipinski definition) is 2. The Bertz CT molecular complexity index is 438. The minimum Gasteiger partial charge on any atom is -0.359 e. The molecule has 0 spiro atoms. The molecular weight excluding hydrogens is 275 g/mol. The lowest BCUT2D eigenvalue weighted by atomic mass is 10.00. The van der Waals surface area contributed by atoms with Crippen molar-refractivity contribution < 1.29 is 9.13 Å². The molecule has 1 fully saturated rings. The second-order valence-electron chi connectivity index (χ2n) is 5.13. The van der Waals surface area contributed by atoms with Gasteiger partial charge in [0.25, 0.3) is 0 Å². The monoisotopic (exact) mass is 298 g/mol. The first-order chi connectivity index (χ1) is 9.67. The predicted molar refractivity (Wildman–Crippen MR) is 84.0 cm³/mol. The topological polar surface area (TPSA) is 24.5 Å². The Morgan fingerprint density at radius 2 is 2.30 bits per heavy atom. The summed E-state index contributed by atoms with van der Waals surface area (Å²) in [6, 6.07) is 5.51. The normalized spacial score (nSPS) is 18.3. The Balaban J connectivity index is 2.18. The molecule has 0 aliphatic carbocycles. The van der Waals surface area contributed by atoms with Crippen LogP contribution < -0.4 is 10.2 Å². The van der Waals surface area contributed by atoms with E-state index in [0.29, 0.717) is 19.0 Å². The van der Waals surface area contributed by atoms with Gasteiger partial charge in [-0.25, -0.2) is 4.39 Å². The average Bonchev–Trinajstić information content (AvgIpc) is 2.94. The summed E-state index contributed by atoms with van der Waals surface area (Å²) < 4.78 is 19.6. The third kappa shape index (κ3) is 3.45. The van der Waals surface area contributed by atoms with Crippen molar-refractivity contribution in [2.45, 2.75) is 31.1 Å². The van der Waals surface area contributed by atoms with Crippen LogP contribution in [0.25, 0.3) is 0 Å². The number of nitrogens with one attached hydrogen (secondary N) is 1. The van der Waals surface area contributed by atoms with Gasteiger partial charge in [0.15, 0.2) is 0 Å². The van der Waals surface area contributed by atoms with Crippen LogP contribution in [0.2, 0.25) is 0 Å². The molecule has 0 saturated carbocycles. The Hall–Kier alpha value is -0.780. The zero-order valence-electron chi connectivity index (χ0n) is 12.1. The highest BCUT2D eigenvalue weighted by atomic mass is 32.1. The van der Waals surface area contributed by atoms with Crippen LogP contribution >= 0.6 is 12.6 Å². The Kier molecular flexibility index (Phi) is 5.69. The smallest absolute Gasteiger partial charge is 0.146 e. The predicted octanol–water partition coefficient (Wildman–Crippen LogP) is 2.98. The van der Waals surface area contributed by atoms with Crippen molar-refractivity contribution >= 4 is 18.3 Å². The third-order valence-electron chi connectivity index (χ3n) is 3.70. The molecule has 2 unspecified atom stereocenters. The fraction of sp³-hybridized carbons (Fsp3) is 0.600. The number of benzene rings is 1. The fourth-order valence-corrected chi connectivity index (χ4v) is 3.20. The summed E-state index contributed by atoms with van der Waals surface area (Å²) in [4.78, 5) is 1.91. The third-order valence-corrected chi connectivity index (χ3v) is 4.26. The first-order valence-electron chi connectivity index (χ1n) is 7.14. The maximum atomic E-state index is 14.3. The lowest BCUT2D eigenvalue weighted by Gasteiger charge is -2.24. The van der Waals surface area contributed by atoms with E-state index in [1.54, 1.807) is 6.07 Å². The molecule has 2 atom stereocenters. The van der Waals surface area contributed by atoms with Crippen LogP contribution in [0.3, 0.4) is 0 Å². The maximum absolute atomic E-state index is 14.3. The molecular formula is C15H23FN2OS. The van der Waals surface area contributed by atoms with E-state index in [1.165, 1.54) is 0 Å². The van der Waals surface area contributed by atoms with Gasteiger partial charge in [-0.15, -0.1) is 0 Å². The fourth-order valence-electron chi connectivity index (χ4n) is 2.62. The number of rotatable bonds is 6. The van der Waals surface area contributed by atoms with Crippen LogP contribution in [0.5, 0.6) is 0 Å². The van der Waals surface area contributed by atoms with Crippen LogP contribution in [0.1, 0.15) is 31.4 Å². The van der Waals surface area contributed by atoms with E-state index < -0.39 is 0 Å². The van der Waals surface area contributed by atoms with Crippen molar-refractivity contribution in [3.63, 3.8) is 0 Å². The van der Waals surface area contributed by atoms with Gasteiger partial charge in [-0.2, -0.15) is 12.6 Å². The molecule has 0 amide bonds. The first-order valence-corrected chi connectivity index (χ1v) is 7.66. The van der Waals surface area contributed by atoms with Gasteiger partial charge in [-0.3, -0.25) is 0 Å². The van der Waals surface area contributed by atoms with Gasteiger partial charge in [0, 0.05) is 17.8 Å². The minimum absolute atomic E-state index is 0.0664. The van der Waals surface area contributed by atoms with Crippen molar-refractivity contribution in [1.82, 2.24) is 5.32 Å². The highest BCUT2D eigenvalue weighted by Crippen LogP contribution is 2.29. The largest absolute Gasteiger partial charge is 0.359 e. The summed E-state index contributed by atoms with van der Waals surface area (Å²) in [5, 5.41) is 3.42. The summed E-state index contributed by atoms with van der Waals surface area (Å²) in [6.45, 7) is 4.01. The van der Waals surface area contributed by atoms with Crippen molar-refractivity contribution in [2.75, 3.05) is 31.8 Å². The van der Waals surface area contributed by atoms with E-state index in [9.17, 15) is 4.39 Å². The van der Waals surface area contributed by atoms with Crippen molar-refractivity contribution in [3.05, 3.63) is 29.6 Å². The van der Waals surface area contributed by atoms with E-state index >= 15 is 0 Å². The number of ether oxygens (including phenoxy) is 1. The Labute approximate surface area is 125 Å². The van der Waals surface area contributed by atoms with E-state index in [4.69, 9.17) is 4.74 Å². The SMILES string of the molecule is CCCC(S)C(NC)c1ccc(N2CCOC2)c(F)c1. The molecule has 1 saturated heterocycles. The summed E-state index contributed by atoms with van der Waals surface area (Å²) in [6.07, 6.45) is 2.07. The van der Waals surface area contributed by atoms with Gasteiger partial charge in [-0.05, 0) is 31.2 Å². The molecule has 112 valence electrons. The van der Waals surface area contributed by atoms with Crippen LogP contribution in [0, 0.1) is 5.82 Å². The molecule has 3 nitrogen and oxygen atoms in total. The van der Waals surface area contributed by atoms with E-state index in [2.05, 4.69) is 24.9 Å². The summed E-state index contributed by atoms with van der Waals surface area (Å²) in [5.41, 5.74) is 1.56. The summed E-state index contributed by atoms with van der Waals surface area (Å²) in [7, 11) is 1.89. The molecule has 2 rings (SSSR count). The van der Waals surface area contributed by atoms with Gasteiger partial charge in [-0.1, -0.05) is 19.4 Å². The van der Waals surface area contributed by atoms with Crippen LogP contribution in [0.15, 0.2) is 18.2 Å². The van der Waals surface area contributed by atoms with E-state index in [1.807, 2.05) is 24.1 Å². The molecule has 1 aliphatic heterocycles. The van der Waals surface area contributed by atoms with Crippen LogP contribution in [-0.2, 0) is 4.74 Å². The summed E-state index contributed by atoms with van der Waals surface area (Å²) >= 11 is 4.63. The van der Waals surface area contributed by atoms with Gasteiger partial charge in [0.05, 0.1) is 12.3 Å². The zero-order chi connectivity index (χ0) is 14.5. The minimum atomic E-state index is -0.190. The van der Waals surface area contributed by atoms with Crippen molar-refractivity contribution in [1.29, 1.82) is 0 Å². The molecule has 1 N–H and O–H groups in total. The second-order valence-corrected chi connectivity index (χ2v) is 5.80. The number of halogens is 1. The Morgan fingerprint density at radius 3 is 2.85 bits per heavy atom. The van der Waals surface area contributed by atoms with E-state index in [-0.39, 0.29) is 17.1 Å². The molecule has 1 heterocycles.